The number of hydrogen-bond acceptors (Lipinski definition) is 2. The van der Waals surface area contributed by atoms with E-state index in [1.807, 2.05) is 61.6 Å². The summed E-state index contributed by atoms with van der Waals surface area (Å²) in [5.74, 6) is 0.135. The van der Waals surface area contributed by atoms with Crippen molar-refractivity contribution in [1.82, 2.24) is 0 Å². The normalized spacial score (nSPS) is 19.4. The first-order valence-electron chi connectivity index (χ1n) is 8.16. The highest BCUT2D eigenvalue weighted by atomic mass is 16.1. The highest BCUT2D eigenvalue weighted by Gasteiger charge is 2.51. The van der Waals surface area contributed by atoms with E-state index in [-0.39, 0.29) is 5.78 Å². The molecule has 0 bridgehead atoms. The Kier molecular flexibility index (Phi) is 3.27. The largest absolute Gasteiger partial charge is 0.354 e. The van der Waals surface area contributed by atoms with Crippen LogP contribution in [0.15, 0.2) is 78.9 Å². The molecule has 1 heterocycles. The maximum absolute atomic E-state index is 13.6. The Hall–Kier alpha value is -2.87. The van der Waals surface area contributed by atoms with Crippen LogP contribution in [0.4, 0.5) is 5.69 Å². The van der Waals surface area contributed by atoms with Gasteiger partial charge in [0, 0.05) is 18.3 Å². The van der Waals surface area contributed by atoms with Crippen LogP contribution >= 0.6 is 0 Å². The van der Waals surface area contributed by atoms with Crippen molar-refractivity contribution in [2.24, 2.45) is 0 Å². The first kappa shape index (κ1) is 14.7. The molecule has 118 valence electrons. The number of para-hydroxylation sites is 1. The van der Waals surface area contributed by atoms with Gasteiger partial charge in [0.05, 0.1) is 0 Å². The minimum Gasteiger partial charge on any atom is -0.354 e. The second-order valence-corrected chi connectivity index (χ2v) is 6.35. The summed E-state index contributed by atoms with van der Waals surface area (Å²) in [6, 6.07) is 26.2. The molecule has 3 aromatic carbocycles. The van der Waals surface area contributed by atoms with Crippen molar-refractivity contribution in [3.63, 3.8) is 0 Å². The summed E-state index contributed by atoms with van der Waals surface area (Å²) in [5, 5.41) is 0. The van der Waals surface area contributed by atoms with Gasteiger partial charge in [-0.1, -0.05) is 72.3 Å². The molecule has 1 aliphatic rings. The molecule has 24 heavy (non-hydrogen) atoms. The molecule has 4 rings (SSSR count). The van der Waals surface area contributed by atoms with Crippen molar-refractivity contribution in [2.75, 3.05) is 11.9 Å². The third-order valence-corrected chi connectivity index (χ3v) is 5.00. The van der Waals surface area contributed by atoms with Crippen LogP contribution in [0.1, 0.15) is 27.0 Å². The van der Waals surface area contributed by atoms with E-state index < -0.39 is 5.54 Å². The number of anilines is 1. The number of fused-ring (bicyclic) bond motifs is 1. The van der Waals surface area contributed by atoms with Crippen molar-refractivity contribution in [2.45, 2.75) is 12.5 Å². The zero-order chi connectivity index (χ0) is 16.7. The number of Topliss-reactive ketones (excluding diaryl/α,β-unsaturated/α-hetero) is 1. The predicted octanol–water partition coefficient (Wildman–Crippen LogP) is 4.57. The van der Waals surface area contributed by atoms with Crippen LogP contribution in [0.2, 0.25) is 0 Å². The van der Waals surface area contributed by atoms with Gasteiger partial charge in [-0.2, -0.15) is 0 Å². The lowest BCUT2D eigenvalue weighted by Crippen LogP contribution is -2.46. The van der Waals surface area contributed by atoms with E-state index in [9.17, 15) is 4.79 Å². The molecule has 1 aliphatic heterocycles. The molecule has 1 unspecified atom stereocenters. The van der Waals surface area contributed by atoms with E-state index in [1.54, 1.807) is 0 Å². The fraction of sp³-hybridized carbons (Fsp3) is 0.136. The van der Waals surface area contributed by atoms with Crippen LogP contribution < -0.4 is 4.90 Å². The molecule has 2 nitrogen and oxygen atoms in total. The minimum absolute atomic E-state index is 0.135. The van der Waals surface area contributed by atoms with Gasteiger partial charge in [-0.15, -0.1) is 0 Å². The van der Waals surface area contributed by atoms with Gasteiger partial charge in [-0.3, -0.25) is 4.79 Å². The third-order valence-electron chi connectivity index (χ3n) is 5.00. The third kappa shape index (κ3) is 1.86. The molecule has 0 aliphatic carbocycles. The summed E-state index contributed by atoms with van der Waals surface area (Å²) >= 11 is 0. The Bertz CT molecular complexity index is 899. The second-order valence-electron chi connectivity index (χ2n) is 6.35. The van der Waals surface area contributed by atoms with Gasteiger partial charge in [0.1, 0.15) is 0 Å². The van der Waals surface area contributed by atoms with E-state index in [4.69, 9.17) is 0 Å². The Morgan fingerprint density at radius 2 is 1.33 bits per heavy atom. The van der Waals surface area contributed by atoms with E-state index >= 15 is 0 Å². The number of rotatable bonds is 2. The predicted molar refractivity (Wildman–Crippen MR) is 97.6 cm³/mol. The molecule has 0 saturated heterocycles. The number of carbonyl (C=O) groups is 1. The Balaban J connectivity index is 2.04. The molecule has 3 aromatic rings. The Morgan fingerprint density at radius 3 is 2.00 bits per heavy atom. The van der Waals surface area contributed by atoms with Crippen LogP contribution in [0.5, 0.6) is 0 Å². The van der Waals surface area contributed by atoms with Crippen LogP contribution in [-0.2, 0) is 5.54 Å². The molecule has 0 fully saturated rings. The lowest BCUT2D eigenvalue weighted by Gasteiger charge is -2.37. The molecule has 0 radical (unpaired) electrons. The average Bonchev–Trinajstić information content (AvgIpc) is 2.86. The zero-order valence-electron chi connectivity index (χ0n) is 13.9. The van der Waals surface area contributed by atoms with Gasteiger partial charge in [0.2, 0.25) is 0 Å². The van der Waals surface area contributed by atoms with Gasteiger partial charge in [0.15, 0.2) is 11.3 Å². The number of benzene rings is 3. The monoisotopic (exact) mass is 313 g/mol. The summed E-state index contributed by atoms with van der Waals surface area (Å²) in [6.45, 7) is 2.06. The lowest BCUT2D eigenvalue weighted by atomic mass is 9.78. The van der Waals surface area contributed by atoms with E-state index in [2.05, 4.69) is 36.1 Å². The SMILES string of the molecule is Cc1ccc(C2(c3ccccc3)C(=O)c3ccccc3N2C)cc1. The minimum atomic E-state index is -0.807. The number of hydrogen-bond donors (Lipinski definition) is 0. The summed E-state index contributed by atoms with van der Waals surface area (Å²) in [7, 11) is 2.01. The second kappa shape index (κ2) is 5.34. The fourth-order valence-electron chi connectivity index (χ4n) is 3.78. The standard InChI is InChI=1S/C22H19NO/c1-16-12-14-18(15-13-16)22(17-8-4-3-5-9-17)21(24)19-10-6-7-11-20(19)23(22)2/h3-15H,1-2H3. The van der Waals surface area contributed by atoms with Crippen molar-refractivity contribution in [1.29, 1.82) is 0 Å². The summed E-state index contributed by atoms with van der Waals surface area (Å²) in [4.78, 5) is 15.7. The number of nitrogens with zero attached hydrogens (tertiary/aromatic N) is 1. The molecule has 0 aromatic heterocycles. The number of aryl methyl sites for hydroxylation is 1. The average molecular weight is 313 g/mol. The zero-order valence-corrected chi connectivity index (χ0v) is 13.9. The van der Waals surface area contributed by atoms with Gasteiger partial charge in [0.25, 0.3) is 0 Å². The molecular formula is C22H19NO. The van der Waals surface area contributed by atoms with Crippen LogP contribution in [0.25, 0.3) is 0 Å². The lowest BCUT2D eigenvalue weighted by molar-refractivity contribution is 0.0928. The quantitative estimate of drug-likeness (QED) is 0.690. The van der Waals surface area contributed by atoms with Crippen LogP contribution in [0, 0.1) is 6.92 Å². The highest BCUT2D eigenvalue weighted by molar-refractivity contribution is 6.16. The van der Waals surface area contributed by atoms with Crippen molar-refractivity contribution >= 4 is 11.5 Å². The van der Waals surface area contributed by atoms with Crippen molar-refractivity contribution < 1.29 is 4.79 Å². The first-order valence-corrected chi connectivity index (χ1v) is 8.16. The Labute approximate surface area is 142 Å². The van der Waals surface area contributed by atoms with E-state index in [0.29, 0.717) is 0 Å². The summed E-state index contributed by atoms with van der Waals surface area (Å²) in [6.07, 6.45) is 0. The topological polar surface area (TPSA) is 20.3 Å². The smallest absolute Gasteiger partial charge is 0.199 e. The molecule has 1 atom stereocenters. The van der Waals surface area contributed by atoms with Gasteiger partial charge in [-0.25, -0.2) is 0 Å². The van der Waals surface area contributed by atoms with Crippen molar-refractivity contribution in [3.05, 3.63) is 101 Å². The molecule has 2 heteroatoms. The number of carbonyl (C=O) groups excluding carboxylic acids is 1. The molecule has 0 amide bonds. The molecule has 0 saturated carbocycles. The Morgan fingerprint density at radius 1 is 0.750 bits per heavy atom. The number of likely N-dealkylation sites (N-methyl/N-ethyl adjacent to an activating group) is 1. The van der Waals surface area contributed by atoms with Gasteiger partial charge < -0.3 is 4.90 Å². The van der Waals surface area contributed by atoms with Crippen molar-refractivity contribution in [3.8, 4) is 0 Å². The number of ketones is 1. The van der Waals surface area contributed by atoms with Crippen LogP contribution in [0.3, 0.4) is 0 Å². The summed E-state index contributed by atoms with van der Waals surface area (Å²) < 4.78 is 0. The van der Waals surface area contributed by atoms with E-state index in [1.165, 1.54) is 5.56 Å². The van der Waals surface area contributed by atoms with Gasteiger partial charge >= 0.3 is 0 Å². The fourth-order valence-corrected chi connectivity index (χ4v) is 3.78. The highest BCUT2D eigenvalue weighted by Crippen LogP contribution is 2.47. The van der Waals surface area contributed by atoms with Gasteiger partial charge in [-0.05, 0) is 30.2 Å². The molecular weight excluding hydrogens is 294 g/mol. The van der Waals surface area contributed by atoms with E-state index in [0.717, 1.165) is 22.4 Å². The first-order chi connectivity index (χ1) is 11.7. The maximum Gasteiger partial charge on any atom is 0.199 e. The maximum atomic E-state index is 13.6. The van der Waals surface area contributed by atoms with Crippen LogP contribution in [-0.4, -0.2) is 12.8 Å². The molecule has 0 N–H and O–H groups in total. The molecule has 0 spiro atoms. The summed E-state index contributed by atoms with van der Waals surface area (Å²) in [5.41, 5.74) is 4.14.